The monoisotopic (exact) mass is 264 g/mol. The highest BCUT2D eigenvalue weighted by Crippen LogP contribution is 2.30. The molecule has 0 aromatic carbocycles. The van der Waals surface area contributed by atoms with Crippen LogP contribution in [0.5, 0.6) is 0 Å². The minimum absolute atomic E-state index is 0.549. The van der Waals surface area contributed by atoms with Crippen molar-refractivity contribution in [1.29, 1.82) is 0 Å². The largest absolute Gasteiger partial charge is 0.311 e. The van der Waals surface area contributed by atoms with Crippen molar-refractivity contribution in [3.8, 4) is 0 Å². The van der Waals surface area contributed by atoms with Crippen molar-refractivity contribution < 1.29 is 0 Å². The Labute approximate surface area is 115 Å². The number of rotatable bonds is 5. The molecule has 1 aliphatic carbocycles. The van der Waals surface area contributed by atoms with Crippen LogP contribution in [0.15, 0.2) is 16.5 Å². The molecule has 1 fully saturated rings. The summed E-state index contributed by atoms with van der Waals surface area (Å²) in [6.07, 6.45) is 9.22. The molecular weight excluding hydrogens is 240 g/mol. The molecule has 0 aliphatic heterocycles. The Kier molecular flexibility index (Phi) is 5.39. The normalized spacial score (nSPS) is 18.5. The van der Waals surface area contributed by atoms with Crippen LogP contribution < -0.4 is 5.32 Å². The summed E-state index contributed by atoms with van der Waals surface area (Å²) >= 11 is 1.68. The smallest absolute Gasteiger partial charge is 0.0798 e. The molecule has 1 aromatic heterocycles. The highest BCUT2D eigenvalue weighted by molar-refractivity contribution is 7.07. The van der Waals surface area contributed by atoms with Crippen molar-refractivity contribution in [3.63, 3.8) is 0 Å². The average Bonchev–Trinajstić information content (AvgIpc) is 2.88. The van der Waals surface area contributed by atoms with Gasteiger partial charge in [-0.3, -0.25) is 0 Å². The lowest BCUT2D eigenvalue weighted by molar-refractivity contribution is 0.394. The Bertz CT molecular complexity index is 362. The molecule has 1 heterocycles. The molecular formula is C15H24N2S. The minimum atomic E-state index is 0.549. The second-order valence-corrected chi connectivity index (χ2v) is 6.22. The lowest BCUT2D eigenvalue weighted by atomic mass is 9.83. The van der Waals surface area contributed by atoms with Gasteiger partial charge in [-0.1, -0.05) is 38.7 Å². The number of hydrogen-bond donors (Lipinski definition) is 1. The van der Waals surface area contributed by atoms with Crippen molar-refractivity contribution in [2.75, 3.05) is 6.54 Å². The van der Waals surface area contributed by atoms with E-state index in [1.165, 1.54) is 32.1 Å². The van der Waals surface area contributed by atoms with Gasteiger partial charge in [-0.05, 0) is 24.8 Å². The first kappa shape index (κ1) is 13.8. The summed E-state index contributed by atoms with van der Waals surface area (Å²) in [5, 5.41) is 5.70. The molecule has 0 atom stereocenters. The van der Waals surface area contributed by atoms with Crippen LogP contribution in [-0.4, -0.2) is 17.6 Å². The van der Waals surface area contributed by atoms with Gasteiger partial charge in [0.25, 0.3) is 0 Å². The molecule has 3 heteroatoms. The molecule has 0 unspecified atom stereocenters. The summed E-state index contributed by atoms with van der Waals surface area (Å²) in [7, 11) is 0. The summed E-state index contributed by atoms with van der Waals surface area (Å²) in [6.45, 7) is 5.43. The standard InChI is InChI=1S/C15H24N2S/c1-12(2)16-9-14(8-15-10-18-11-17-15)13-6-4-3-5-7-13/h8,10-13,16H,3-7,9H2,1-2H3. The number of nitrogens with zero attached hydrogens (tertiary/aromatic N) is 1. The molecule has 1 saturated carbocycles. The average molecular weight is 264 g/mol. The maximum absolute atomic E-state index is 4.39. The number of nitrogens with one attached hydrogen (secondary N) is 1. The molecule has 18 heavy (non-hydrogen) atoms. The number of hydrogen-bond acceptors (Lipinski definition) is 3. The fourth-order valence-corrected chi connectivity index (χ4v) is 3.10. The van der Waals surface area contributed by atoms with E-state index in [0.29, 0.717) is 6.04 Å². The van der Waals surface area contributed by atoms with Crippen LogP contribution in [0, 0.1) is 5.92 Å². The predicted octanol–water partition coefficient (Wildman–Crippen LogP) is 4.10. The first-order valence-electron chi connectivity index (χ1n) is 7.07. The number of thiazole rings is 1. The Morgan fingerprint density at radius 2 is 2.22 bits per heavy atom. The van der Waals surface area contributed by atoms with E-state index >= 15 is 0 Å². The Balaban J connectivity index is 2.06. The van der Waals surface area contributed by atoms with Crippen LogP contribution >= 0.6 is 11.3 Å². The summed E-state index contributed by atoms with van der Waals surface area (Å²) in [5.41, 5.74) is 4.60. The third-order valence-corrected chi connectivity index (χ3v) is 4.23. The van der Waals surface area contributed by atoms with Gasteiger partial charge in [-0.15, -0.1) is 11.3 Å². The van der Waals surface area contributed by atoms with Crippen LogP contribution in [0.1, 0.15) is 51.6 Å². The van der Waals surface area contributed by atoms with Crippen LogP contribution in [0.3, 0.4) is 0 Å². The summed E-state index contributed by atoms with van der Waals surface area (Å²) < 4.78 is 0. The van der Waals surface area contributed by atoms with Crippen molar-refractivity contribution >= 4 is 17.4 Å². The van der Waals surface area contributed by atoms with Gasteiger partial charge in [0.15, 0.2) is 0 Å². The molecule has 0 saturated heterocycles. The third-order valence-electron chi connectivity index (χ3n) is 3.63. The van der Waals surface area contributed by atoms with Crippen LogP contribution in [0.25, 0.3) is 6.08 Å². The topological polar surface area (TPSA) is 24.9 Å². The van der Waals surface area contributed by atoms with E-state index in [4.69, 9.17) is 0 Å². The Morgan fingerprint density at radius 1 is 1.44 bits per heavy atom. The molecule has 0 bridgehead atoms. The molecule has 1 N–H and O–H groups in total. The minimum Gasteiger partial charge on any atom is -0.311 e. The van der Waals surface area contributed by atoms with Crippen LogP contribution in [-0.2, 0) is 0 Å². The third kappa shape index (κ3) is 4.21. The van der Waals surface area contributed by atoms with E-state index in [1.807, 2.05) is 5.51 Å². The van der Waals surface area contributed by atoms with E-state index in [1.54, 1.807) is 16.9 Å². The molecule has 0 spiro atoms. The van der Waals surface area contributed by atoms with Crippen molar-refractivity contribution in [3.05, 3.63) is 22.2 Å². The van der Waals surface area contributed by atoms with E-state index in [2.05, 4.69) is 35.6 Å². The van der Waals surface area contributed by atoms with Gasteiger partial charge in [0.2, 0.25) is 0 Å². The van der Waals surface area contributed by atoms with Crippen molar-refractivity contribution in [2.45, 2.75) is 52.0 Å². The van der Waals surface area contributed by atoms with Crippen LogP contribution in [0.4, 0.5) is 0 Å². The van der Waals surface area contributed by atoms with Crippen LogP contribution in [0.2, 0.25) is 0 Å². The Hall–Kier alpha value is -0.670. The second kappa shape index (κ2) is 7.05. The lowest BCUT2D eigenvalue weighted by Gasteiger charge is -2.25. The predicted molar refractivity (Wildman–Crippen MR) is 79.8 cm³/mol. The SMILES string of the molecule is CC(C)NCC(=Cc1cscn1)C1CCCCC1. The van der Waals surface area contributed by atoms with E-state index in [0.717, 1.165) is 18.2 Å². The fourth-order valence-electron chi connectivity index (χ4n) is 2.59. The van der Waals surface area contributed by atoms with Gasteiger partial charge in [0.1, 0.15) is 0 Å². The van der Waals surface area contributed by atoms with E-state index in [9.17, 15) is 0 Å². The van der Waals surface area contributed by atoms with E-state index in [-0.39, 0.29) is 0 Å². The fraction of sp³-hybridized carbons (Fsp3) is 0.667. The zero-order valence-corrected chi connectivity index (χ0v) is 12.3. The molecule has 2 rings (SSSR count). The van der Waals surface area contributed by atoms with Gasteiger partial charge in [-0.25, -0.2) is 4.98 Å². The van der Waals surface area contributed by atoms with Crippen molar-refractivity contribution in [2.24, 2.45) is 5.92 Å². The Morgan fingerprint density at radius 3 is 2.83 bits per heavy atom. The first-order valence-corrected chi connectivity index (χ1v) is 8.02. The zero-order valence-electron chi connectivity index (χ0n) is 11.5. The zero-order chi connectivity index (χ0) is 12.8. The van der Waals surface area contributed by atoms with Gasteiger partial charge in [-0.2, -0.15) is 0 Å². The maximum atomic E-state index is 4.39. The van der Waals surface area contributed by atoms with Gasteiger partial charge >= 0.3 is 0 Å². The van der Waals surface area contributed by atoms with E-state index < -0.39 is 0 Å². The van der Waals surface area contributed by atoms with Crippen molar-refractivity contribution in [1.82, 2.24) is 10.3 Å². The molecule has 1 aliphatic rings. The van der Waals surface area contributed by atoms with Gasteiger partial charge in [0.05, 0.1) is 11.2 Å². The molecule has 2 nitrogen and oxygen atoms in total. The van der Waals surface area contributed by atoms with Gasteiger partial charge in [0, 0.05) is 18.0 Å². The highest BCUT2D eigenvalue weighted by atomic mass is 32.1. The summed E-state index contributed by atoms with van der Waals surface area (Å²) in [5.74, 6) is 0.770. The highest BCUT2D eigenvalue weighted by Gasteiger charge is 2.18. The molecule has 0 amide bonds. The summed E-state index contributed by atoms with van der Waals surface area (Å²) in [4.78, 5) is 4.39. The molecule has 100 valence electrons. The van der Waals surface area contributed by atoms with Gasteiger partial charge < -0.3 is 5.32 Å². The quantitative estimate of drug-likeness (QED) is 0.866. The molecule has 1 aromatic rings. The first-order chi connectivity index (χ1) is 8.75. The molecule has 0 radical (unpaired) electrons. The summed E-state index contributed by atoms with van der Waals surface area (Å²) in [6, 6.07) is 0.549. The second-order valence-electron chi connectivity index (χ2n) is 5.50. The maximum Gasteiger partial charge on any atom is 0.0798 e. The number of aromatic nitrogens is 1. The lowest BCUT2D eigenvalue weighted by Crippen LogP contribution is -2.27.